The summed E-state index contributed by atoms with van der Waals surface area (Å²) < 4.78 is 1.88. The molecular formula is C14H18N2O. The lowest BCUT2D eigenvalue weighted by Crippen LogP contribution is -2.11. The predicted molar refractivity (Wildman–Crippen MR) is 68.5 cm³/mol. The van der Waals surface area contributed by atoms with Gasteiger partial charge in [0.25, 0.3) is 0 Å². The Hall–Kier alpha value is -1.64. The Morgan fingerprint density at radius 3 is 2.71 bits per heavy atom. The highest BCUT2D eigenvalue weighted by Crippen LogP contribution is 2.23. The Kier molecular flexibility index (Phi) is 2.77. The third kappa shape index (κ3) is 2.23. The van der Waals surface area contributed by atoms with E-state index in [1.54, 1.807) is 0 Å². The number of fused-ring (bicyclic) bond motifs is 1. The van der Waals surface area contributed by atoms with Gasteiger partial charge in [0.1, 0.15) is 11.3 Å². The van der Waals surface area contributed by atoms with Crippen LogP contribution in [-0.4, -0.2) is 15.7 Å². The minimum Gasteiger partial charge on any atom is -0.297 e. The molecule has 0 bridgehead atoms. The topological polar surface area (TPSA) is 34.4 Å². The summed E-state index contributed by atoms with van der Waals surface area (Å²) in [5.41, 5.74) is 3.67. The molecule has 0 aromatic carbocycles. The molecule has 0 atom stereocenters. The first-order chi connectivity index (χ1) is 7.92. The van der Waals surface area contributed by atoms with E-state index in [9.17, 15) is 4.79 Å². The van der Waals surface area contributed by atoms with Crippen molar-refractivity contribution >= 4 is 11.9 Å². The summed E-state index contributed by atoms with van der Waals surface area (Å²) in [4.78, 5) is 15.8. The molecule has 0 saturated carbocycles. The molecule has 0 aliphatic heterocycles. The number of carbonyl (C=O) groups excluding carboxylic acids is 1. The van der Waals surface area contributed by atoms with Crippen LogP contribution in [0.25, 0.3) is 5.65 Å². The van der Waals surface area contributed by atoms with Crippen LogP contribution in [0.5, 0.6) is 0 Å². The molecule has 0 N–H and O–H groups in total. The second-order valence-corrected chi connectivity index (χ2v) is 5.68. The second-order valence-electron chi connectivity index (χ2n) is 5.68. The lowest BCUT2D eigenvalue weighted by atomic mass is 9.90. The van der Waals surface area contributed by atoms with Gasteiger partial charge >= 0.3 is 0 Å². The standard InChI is InChI=1S/C14H18N2O/c1-10-6-5-7-16-12(9-17)11(15-13(10)16)8-14(2,3)4/h5-7,9H,8H2,1-4H3. The quantitative estimate of drug-likeness (QED) is 0.743. The number of aryl methyl sites for hydroxylation is 1. The fourth-order valence-corrected chi connectivity index (χ4v) is 2.03. The molecule has 0 spiro atoms. The molecule has 0 saturated heterocycles. The van der Waals surface area contributed by atoms with Gasteiger partial charge in [0.15, 0.2) is 6.29 Å². The largest absolute Gasteiger partial charge is 0.297 e. The van der Waals surface area contributed by atoms with Crippen molar-refractivity contribution in [3.63, 3.8) is 0 Å². The SMILES string of the molecule is Cc1cccn2c(C=O)c(CC(C)(C)C)nc12. The number of aldehydes is 1. The highest BCUT2D eigenvalue weighted by molar-refractivity contribution is 5.77. The smallest absolute Gasteiger partial charge is 0.168 e. The van der Waals surface area contributed by atoms with Gasteiger partial charge in [0.2, 0.25) is 0 Å². The molecular weight excluding hydrogens is 212 g/mol. The van der Waals surface area contributed by atoms with Gasteiger partial charge in [-0.25, -0.2) is 4.98 Å². The minimum atomic E-state index is 0.129. The molecule has 0 amide bonds. The van der Waals surface area contributed by atoms with Crippen LogP contribution in [0, 0.1) is 12.3 Å². The second kappa shape index (κ2) is 3.99. The fraction of sp³-hybridized carbons (Fsp3) is 0.429. The van der Waals surface area contributed by atoms with Crippen LogP contribution < -0.4 is 0 Å². The Balaban J connectivity index is 2.64. The Bertz CT molecular complexity index is 561. The monoisotopic (exact) mass is 230 g/mol. The summed E-state index contributed by atoms with van der Waals surface area (Å²) in [6.45, 7) is 8.47. The molecule has 2 aromatic heterocycles. The number of hydrogen-bond acceptors (Lipinski definition) is 2. The molecule has 0 unspecified atom stereocenters. The maximum atomic E-state index is 11.2. The van der Waals surface area contributed by atoms with Crippen LogP contribution in [0.1, 0.15) is 42.5 Å². The predicted octanol–water partition coefficient (Wildman–Crippen LogP) is 3.04. The zero-order valence-electron chi connectivity index (χ0n) is 10.8. The maximum Gasteiger partial charge on any atom is 0.168 e. The average molecular weight is 230 g/mol. The lowest BCUT2D eigenvalue weighted by molar-refractivity contribution is 0.111. The van der Waals surface area contributed by atoms with Crippen molar-refractivity contribution in [2.75, 3.05) is 0 Å². The lowest BCUT2D eigenvalue weighted by Gasteiger charge is -2.16. The van der Waals surface area contributed by atoms with Crippen molar-refractivity contribution < 1.29 is 4.79 Å². The third-order valence-electron chi connectivity index (χ3n) is 2.77. The molecule has 17 heavy (non-hydrogen) atoms. The molecule has 3 nitrogen and oxygen atoms in total. The highest BCUT2D eigenvalue weighted by Gasteiger charge is 2.19. The van der Waals surface area contributed by atoms with Crippen LogP contribution in [-0.2, 0) is 6.42 Å². The number of rotatable bonds is 2. The summed E-state index contributed by atoms with van der Waals surface area (Å²) in [5, 5.41) is 0. The van der Waals surface area contributed by atoms with E-state index >= 15 is 0 Å². The number of aromatic nitrogens is 2. The van der Waals surface area contributed by atoms with Gasteiger partial charge < -0.3 is 0 Å². The molecule has 3 heteroatoms. The van der Waals surface area contributed by atoms with E-state index in [2.05, 4.69) is 25.8 Å². The zero-order chi connectivity index (χ0) is 12.6. The number of imidazole rings is 1. The average Bonchev–Trinajstić information content (AvgIpc) is 2.54. The normalized spacial score (nSPS) is 12.0. The van der Waals surface area contributed by atoms with Crippen LogP contribution >= 0.6 is 0 Å². The van der Waals surface area contributed by atoms with Gasteiger partial charge in [-0.1, -0.05) is 26.8 Å². The van der Waals surface area contributed by atoms with E-state index in [-0.39, 0.29) is 5.41 Å². The van der Waals surface area contributed by atoms with Crippen LogP contribution in [0.4, 0.5) is 0 Å². The molecule has 2 heterocycles. The number of carbonyl (C=O) groups is 1. The molecule has 2 aromatic rings. The Morgan fingerprint density at radius 2 is 2.12 bits per heavy atom. The number of nitrogens with zero attached hydrogens (tertiary/aromatic N) is 2. The van der Waals surface area contributed by atoms with Gasteiger partial charge in [0, 0.05) is 6.20 Å². The first-order valence-electron chi connectivity index (χ1n) is 5.84. The van der Waals surface area contributed by atoms with E-state index in [1.807, 2.05) is 29.7 Å². The van der Waals surface area contributed by atoms with Crippen molar-refractivity contribution in [1.29, 1.82) is 0 Å². The van der Waals surface area contributed by atoms with E-state index in [0.29, 0.717) is 5.69 Å². The van der Waals surface area contributed by atoms with Gasteiger partial charge in [-0.15, -0.1) is 0 Å². The fourth-order valence-electron chi connectivity index (χ4n) is 2.03. The molecule has 90 valence electrons. The van der Waals surface area contributed by atoms with Crippen molar-refractivity contribution in [2.45, 2.75) is 34.1 Å². The number of pyridine rings is 1. The molecule has 0 fully saturated rings. The molecule has 2 rings (SSSR count). The van der Waals surface area contributed by atoms with Gasteiger partial charge in [0.05, 0.1) is 5.69 Å². The highest BCUT2D eigenvalue weighted by atomic mass is 16.1. The van der Waals surface area contributed by atoms with E-state index in [1.165, 1.54) is 0 Å². The van der Waals surface area contributed by atoms with Gasteiger partial charge in [-0.2, -0.15) is 0 Å². The van der Waals surface area contributed by atoms with Crippen molar-refractivity contribution in [2.24, 2.45) is 5.41 Å². The maximum absolute atomic E-state index is 11.2. The van der Waals surface area contributed by atoms with Gasteiger partial charge in [-0.05, 0) is 30.4 Å². The minimum absolute atomic E-state index is 0.129. The van der Waals surface area contributed by atoms with Gasteiger partial charge in [-0.3, -0.25) is 9.20 Å². The Labute approximate surface area is 101 Å². The summed E-state index contributed by atoms with van der Waals surface area (Å²) in [5.74, 6) is 0. The Morgan fingerprint density at radius 1 is 1.41 bits per heavy atom. The summed E-state index contributed by atoms with van der Waals surface area (Å²) >= 11 is 0. The van der Waals surface area contributed by atoms with E-state index in [0.717, 1.165) is 29.6 Å². The molecule has 0 aliphatic carbocycles. The number of hydrogen-bond donors (Lipinski definition) is 0. The summed E-state index contributed by atoms with van der Waals surface area (Å²) in [7, 11) is 0. The van der Waals surface area contributed by atoms with Crippen LogP contribution in [0.2, 0.25) is 0 Å². The van der Waals surface area contributed by atoms with Crippen LogP contribution in [0.15, 0.2) is 18.3 Å². The first-order valence-corrected chi connectivity index (χ1v) is 5.84. The zero-order valence-corrected chi connectivity index (χ0v) is 10.8. The first kappa shape index (κ1) is 11.8. The molecule has 0 aliphatic rings. The van der Waals surface area contributed by atoms with Crippen molar-refractivity contribution in [3.05, 3.63) is 35.3 Å². The van der Waals surface area contributed by atoms with Crippen molar-refractivity contribution in [1.82, 2.24) is 9.38 Å². The summed E-state index contributed by atoms with van der Waals surface area (Å²) in [6.07, 6.45) is 3.61. The van der Waals surface area contributed by atoms with E-state index < -0.39 is 0 Å². The van der Waals surface area contributed by atoms with Crippen molar-refractivity contribution in [3.8, 4) is 0 Å². The third-order valence-corrected chi connectivity index (χ3v) is 2.77. The van der Waals surface area contributed by atoms with E-state index in [4.69, 9.17) is 0 Å². The molecule has 0 radical (unpaired) electrons. The van der Waals surface area contributed by atoms with Crippen LogP contribution in [0.3, 0.4) is 0 Å². The summed E-state index contributed by atoms with van der Waals surface area (Å²) in [6, 6.07) is 3.95.